The number of nitrogens with zero attached hydrogens (tertiary/aromatic N) is 1. The first kappa shape index (κ1) is 31.6. The van der Waals surface area contributed by atoms with E-state index in [9.17, 15) is 29.5 Å². The minimum atomic E-state index is -1.16. The molecule has 5 aliphatic rings. The quantitative estimate of drug-likeness (QED) is 0.446. The highest BCUT2D eigenvalue weighted by Gasteiger charge is 2.70. The van der Waals surface area contributed by atoms with Crippen LogP contribution in [0, 0.1) is 61.6 Å². The fraction of sp³-hybridized carbons (Fsp3) is 0.743. The number of hydrogen-bond acceptors (Lipinski definition) is 7. The van der Waals surface area contributed by atoms with Gasteiger partial charge in [-0.15, -0.1) is 0 Å². The van der Waals surface area contributed by atoms with Gasteiger partial charge in [0, 0.05) is 16.7 Å². The Bertz CT molecular complexity index is 1380. The molecule has 0 aromatic carbocycles. The highest BCUT2D eigenvalue weighted by molar-refractivity contribution is 6.04. The zero-order valence-electron chi connectivity index (χ0n) is 27.1. The summed E-state index contributed by atoms with van der Waals surface area (Å²) in [5, 5.41) is 22.6. The van der Waals surface area contributed by atoms with Crippen LogP contribution >= 0.6 is 0 Å². The van der Waals surface area contributed by atoms with E-state index in [2.05, 4.69) is 46.0 Å². The fourth-order valence-corrected chi connectivity index (χ4v) is 10.7. The molecule has 0 spiro atoms. The number of fused-ring (bicyclic) bond motifs is 7. The molecular formula is C35H48N2O6. The van der Waals surface area contributed by atoms with Crippen LogP contribution in [0.5, 0.6) is 0 Å². The van der Waals surface area contributed by atoms with Crippen LogP contribution < -0.4 is 5.32 Å². The predicted molar refractivity (Wildman–Crippen MR) is 160 cm³/mol. The van der Waals surface area contributed by atoms with Crippen LogP contribution in [0.1, 0.15) is 93.4 Å². The van der Waals surface area contributed by atoms with Crippen molar-refractivity contribution in [1.82, 2.24) is 5.32 Å². The Morgan fingerprint density at radius 1 is 1.07 bits per heavy atom. The lowest BCUT2D eigenvalue weighted by Crippen LogP contribution is -2.67. The van der Waals surface area contributed by atoms with Crippen molar-refractivity contribution in [2.45, 2.75) is 99.5 Å². The molecular weight excluding hydrogens is 544 g/mol. The Kier molecular flexibility index (Phi) is 7.25. The van der Waals surface area contributed by atoms with Crippen molar-refractivity contribution in [2.24, 2.45) is 50.2 Å². The van der Waals surface area contributed by atoms with Crippen molar-refractivity contribution in [2.75, 3.05) is 13.7 Å². The molecule has 0 saturated heterocycles. The van der Waals surface area contributed by atoms with Gasteiger partial charge in [0.05, 0.1) is 24.7 Å². The second-order valence-electron chi connectivity index (χ2n) is 16.1. The number of methoxy groups -OCH3 is 1. The number of aliphatic hydroxyl groups excluding tert-OH is 1. The van der Waals surface area contributed by atoms with Crippen molar-refractivity contribution >= 4 is 23.4 Å². The number of hydrogen-bond donors (Lipinski definition) is 2. The monoisotopic (exact) mass is 592 g/mol. The lowest BCUT2D eigenvalue weighted by atomic mass is 9.34. The normalized spacial score (nSPS) is 41.5. The molecule has 0 aromatic rings. The van der Waals surface area contributed by atoms with Crippen molar-refractivity contribution in [3.8, 4) is 6.07 Å². The molecule has 1 unspecified atom stereocenters. The van der Waals surface area contributed by atoms with Gasteiger partial charge in [-0.1, -0.05) is 60.1 Å². The van der Waals surface area contributed by atoms with Crippen molar-refractivity contribution in [1.29, 1.82) is 5.26 Å². The zero-order valence-corrected chi connectivity index (χ0v) is 27.1. The molecule has 5 aliphatic carbocycles. The summed E-state index contributed by atoms with van der Waals surface area (Å²) in [4.78, 5) is 54.4. The van der Waals surface area contributed by atoms with Gasteiger partial charge >= 0.3 is 5.97 Å². The summed E-state index contributed by atoms with van der Waals surface area (Å²) >= 11 is 0. The number of carbonyl (C=O) groups is 4. The van der Waals surface area contributed by atoms with Gasteiger partial charge in [-0.2, -0.15) is 5.26 Å². The maximum atomic E-state index is 14.6. The highest BCUT2D eigenvalue weighted by Crippen LogP contribution is 2.74. The largest absolute Gasteiger partial charge is 0.467 e. The lowest BCUT2D eigenvalue weighted by molar-refractivity contribution is -0.179. The van der Waals surface area contributed by atoms with Crippen LogP contribution in [0.3, 0.4) is 0 Å². The second kappa shape index (κ2) is 9.86. The molecule has 8 nitrogen and oxygen atoms in total. The van der Waals surface area contributed by atoms with E-state index in [4.69, 9.17) is 4.74 Å². The Morgan fingerprint density at radius 3 is 2.33 bits per heavy atom. The number of aliphatic hydroxyl groups is 1. The van der Waals surface area contributed by atoms with Gasteiger partial charge in [0.1, 0.15) is 6.07 Å². The summed E-state index contributed by atoms with van der Waals surface area (Å²) in [5.41, 5.74) is -1.90. The van der Waals surface area contributed by atoms with E-state index in [0.29, 0.717) is 25.7 Å². The number of rotatable bonds is 4. The Hall–Kier alpha value is -2.79. The number of esters is 1. The van der Waals surface area contributed by atoms with Gasteiger partial charge in [0.2, 0.25) is 5.91 Å². The Labute approximate surface area is 255 Å². The van der Waals surface area contributed by atoms with E-state index in [1.54, 1.807) is 0 Å². The van der Waals surface area contributed by atoms with Gasteiger partial charge in [-0.05, 0) is 79.1 Å². The number of nitriles is 1. The Balaban J connectivity index is 1.64. The molecule has 1 amide bonds. The number of allylic oxidation sites excluding steroid dienone is 4. The third-order valence-electron chi connectivity index (χ3n) is 13.3. The average molecular weight is 593 g/mol. The SMILES string of the molecule is COC(=O)C(CO)NC(=O)[C@]12CCC(C)(C)C[C@H]1[C@H]1C(=O)C=C3[C@@]4(C)C=C(C#N)C(=O)C(C)(C)[C@@H]4CC[C@@]3(C)[C@]1(C)CC2. The third-order valence-corrected chi connectivity index (χ3v) is 13.3. The van der Waals surface area contributed by atoms with Crippen molar-refractivity contribution in [3.05, 3.63) is 23.3 Å². The van der Waals surface area contributed by atoms with Gasteiger partial charge in [-0.25, -0.2) is 4.79 Å². The molecule has 0 radical (unpaired) electrons. The van der Waals surface area contributed by atoms with Gasteiger partial charge in [-0.3, -0.25) is 14.4 Å². The van der Waals surface area contributed by atoms with Crippen LogP contribution in [-0.4, -0.2) is 48.3 Å². The molecule has 43 heavy (non-hydrogen) atoms. The highest BCUT2D eigenvalue weighted by atomic mass is 16.5. The third kappa shape index (κ3) is 4.16. The zero-order chi connectivity index (χ0) is 32.0. The molecule has 0 aliphatic heterocycles. The second-order valence-corrected chi connectivity index (χ2v) is 16.1. The summed E-state index contributed by atoms with van der Waals surface area (Å²) in [6.45, 7) is 14.3. The minimum Gasteiger partial charge on any atom is -0.467 e. The number of ether oxygens (including phenoxy) is 1. The van der Waals surface area contributed by atoms with E-state index >= 15 is 0 Å². The standard InChI is InChI=1S/C35H48N2O6/c1-30(2)11-13-35(29(42)37-22(19-38)28(41)43-8)14-12-34(7)26(21(35)17-30)23(39)15-25-32(5)16-20(18-36)27(40)31(3,4)24(32)9-10-33(25,34)6/h15-16,21-22,24,26,38H,9-14,17,19H2,1-8H3,(H,37,42)/t21-,22?,24-,26-,32-,33+,34+,35-/m0/s1. The van der Waals surface area contributed by atoms with Crippen LogP contribution in [0.2, 0.25) is 0 Å². The fourth-order valence-electron chi connectivity index (χ4n) is 10.7. The smallest absolute Gasteiger partial charge is 0.330 e. The molecule has 3 saturated carbocycles. The summed E-state index contributed by atoms with van der Waals surface area (Å²) in [6, 6.07) is 0.996. The first-order valence-electron chi connectivity index (χ1n) is 15.8. The molecule has 234 valence electrons. The van der Waals surface area contributed by atoms with Crippen LogP contribution in [-0.2, 0) is 23.9 Å². The summed E-state index contributed by atoms with van der Waals surface area (Å²) in [5.74, 6) is -1.76. The summed E-state index contributed by atoms with van der Waals surface area (Å²) in [7, 11) is 1.23. The maximum absolute atomic E-state index is 14.6. The average Bonchev–Trinajstić information content (AvgIpc) is 2.94. The number of nitrogens with one attached hydrogen (secondary N) is 1. The molecule has 0 aromatic heterocycles. The first-order chi connectivity index (χ1) is 19.9. The van der Waals surface area contributed by atoms with Crippen LogP contribution in [0.15, 0.2) is 23.3 Å². The van der Waals surface area contributed by atoms with Gasteiger partial charge < -0.3 is 15.2 Å². The number of amides is 1. The Morgan fingerprint density at radius 2 is 1.72 bits per heavy atom. The first-order valence-corrected chi connectivity index (χ1v) is 15.8. The lowest BCUT2D eigenvalue weighted by Gasteiger charge is -2.69. The van der Waals surface area contributed by atoms with Crippen LogP contribution in [0.25, 0.3) is 0 Å². The maximum Gasteiger partial charge on any atom is 0.330 e. The minimum absolute atomic E-state index is 0.0183. The van der Waals surface area contributed by atoms with Gasteiger partial charge in [0.25, 0.3) is 0 Å². The molecule has 3 fully saturated rings. The summed E-state index contributed by atoms with van der Waals surface area (Å²) < 4.78 is 4.82. The predicted octanol–water partition coefficient (Wildman–Crippen LogP) is 4.86. The molecule has 2 N–H and O–H groups in total. The van der Waals surface area contributed by atoms with Crippen LogP contribution in [0.4, 0.5) is 0 Å². The van der Waals surface area contributed by atoms with E-state index in [1.165, 1.54) is 7.11 Å². The number of Topliss-reactive ketones (excluding diaryl/α,β-unsaturated/α-hetero) is 1. The number of ketones is 2. The molecule has 8 atom stereocenters. The molecule has 0 heterocycles. The molecule has 8 heteroatoms. The summed E-state index contributed by atoms with van der Waals surface area (Å²) in [6.07, 6.45) is 8.64. The van der Waals surface area contributed by atoms with Crippen molar-refractivity contribution < 1.29 is 29.0 Å². The van der Waals surface area contributed by atoms with E-state index in [0.717, 1.165) is 24.8 Å². The van der Waals surface area contributed by atoms with Crippen molar-refractivity contribution in [3.63, 3.8) is 0 Å². The van der Waals surface area contributed by atoms with E-state index in [1.807, 2.05) is 26.0 Å². The topological polar surface area (TPSA) is 134 Å². The molecule has 0 bridgehead atoms. The number of carbonyl (C=O) groups excluding carboxylic acids is 4. The van der Waals surface area contributed by atoms with E-state index in [-0.39, 0.29) is 45.7 Å². The van der Waals surface area contributed by atoms with Gasteiger partial charge in [0.15, 0.2) is 17.6 Å². The van der Waals surface area contributed by atoms with E-state index < -0.39 is 46.2 Å². The molecule has 5 rings (SSSR count).